The van der Waals surface area contributed by atoms with Crippen LogP contribution in [0, 0.1) is 9.49 Å². The number of pyridine rings is 1. The summed E-state index contributed by atoms with van der Waals surface area (Å²) in [6, 6.07) is 9.35. The Morgan fingerprint density at radius 1 is 1.05 bits per heavy atom. The van der Waals surface area contributed by atoms with Gasteiger partial charge < -0.3 is 0 Å². The van der Waals surface area contributed by atoms with Crippen LogP contribution < -0.4 is 4.90 Å². The number of aryl methyl sites for hydroxylation is 1. The Morgan fingerprint density at radius 3 is 2.40 bits per heavy atom. The molecule has 0 radical (unpaired) electrons. The van der Waals surface area contributed by atoms with Crippen molar-refractivity contribution in [3.63, 3.8) is 0 Å². The van der Waals surface area contributed by atoms with E-state index in [1.807, 2.05) is 40.0 Å². The molecule has 42 heavy (non-hydrogen) atoms. The van der Waals surface area contributed by atoms with Crippen LogP contribution in [0.3, 0.4) is 0 Å². The van der Waals surface area contributed by atoms with E-state index in [1.165, 1.54) is 64.8 Å². The van der Waals surface area contributed by atoms with E-state index in [1.54, 1.807) is 22.9 Å². The van der Waals surface area contributed by atoms with Gasteiger partial charge in [0.1, 0.15) is 0 Å². The van der Waals surface area contributed by atoms with Crippen LogP contribution in [-0.4, -0.2) is 61.3 Å². The molecular formula is C28H29F3N7OPSW. The number of aromatic nitrogens is 5. The second kappa shape index (κ2) is 13.2. The van der Waals surface area contributed by atoms with Gasteiger partial charge in [0.15, 0.2) is 0 Å². The molecule has 220 valence electrons. The van der Waals surface area contributed by atoms with Crippen molar-refractivity contribution < 1.29 is 37.3 Å². The number of halogens is 3. The number of thioether (sulfide) groups is 1. The maximum atomic E-state index is 13.5. The average Bonchev–Trinajstić information content (AvgIpc) is 3.38. The zero-order valence-electron chi connectivity index (χ0n) is 22.8. The van der Waals surface area contributed by atoms with Crippen molar-refractivity contribution in [1.82, 2.24) is 29.2 Å². The van der Waals surface area contributed by atoms with Gasteiger partial charge in [-0.25, -0.2) is 0 Å². The Bertz CT molecular complexity index is 1600. The third-order valence-electron chi connectivity index (χ3n) is 6.86. The summed E-state index contributed by atoms with van der Waals surface area (Å²) in [4.78, 5) is 26.4. The molecule has 0 aliphatic carbocycles. The van der Waals surface area contributed by atoms with Crippen molar-refractivity contribution >= 4 is 32.7 Å². The van der Waals surface area contributed by atoms with E-state index in [-0.39, 0.29) is 23.8 Å². The van der Waals surface area contributed by atoms with Gasteiger partial charge in [-0.3, -0.25) is 0 Å². The quantitative estimate of drug-likeness (QED) is 0.143. The molecule has 1 fully saturated rings. The molecule has 1 atom stereocenters. The molecule has 14 heteroatoms. The van der Waals surface area contributed by atoms with Crippen LogP contribution in [0.15, 0.2) is 66.3 Å². The van der Waals surface area contributed by atoms with Gasteiger partial charge in [-0.2, -0.15) is 8.78 Å². The molecule has 1 aliphatic heterocycles. The van der Waals surface area contributed by atoms with Crippen molar-refractivity contribution in [2.45, 2.75) is 29.5 Å². The topological polar surface area (TPSA) is 72.1 Å². The first kappa shape index (κ1) is 30.6. The number of anilines is 1. The third kappa shape index (κ3) is 7.77. The SMILES string of the molecule is Cn1cc(Cc2cn(CC(=O)N3CCN(c4ccc(C(F)(F)P)cn4)CC3)c(SCc3ccc(F)cc3)n[c]2=[W])cn1. The van der Waals surface area contributed by atoms with Crippen LogP contribution in [0.1, 0.15) is 22.3 Å². The number of carbonyl (C=O) groups is 1. The van der Waals surface area contributed by atoms with Gasteiger partial charge in [0, 0.05) is 11.8 Å². The van der Waals surface area contributed by atoms with Crippen molar-refractivity contribution in [2.24, 2.45) is 7.05 Å². The van der Waals surface area contributed by atoms with Crippen molar-refractivity contribution in [3.05, 3.63) is 92.9 Å². The molecule has 0 spiro atoms. The molecule has 1 aliphatic rings. The monoisotopic (exact) mass is 783 g/mol. The number of carbonyl (C=O) groups excluding carboxylic acids is 1. The number of benzene rings is 1. The fraction of sp³-hybridized carbons (Fsp3) is 0.321. The van der Waals surface area contributed by atoms with E-state index < -0.39 is 5.66 Å². The second-order valence-corrected chi connectivity index (χ2v) is 13.0. The number of hydrogen-bond donors (Lipinski definition) is 0. The van der Waals surface area contributed by atoms with E-state index in [4.69, 9.17) is 4.98 Å². The molecule has 3 aromatic heterocycles. The van der Waals surface area contributed by atoms with Gasteiger partial charge >= 0.3 is 218 Å². The van der Waals surface area contributed by atoms with E-state index in [0.717, 1.165) is 25.5 Å². The standard InChI is InChI=1S/C28H29F3N7OPS.W/c1-35-16-22(14-34-35)12-21-13-33-27(41-19-20-2-5-24(29)6-3-20)38(17-21)18-26(39)37-10-8-36(9-11-37)25-7-4-23(15-32-25)28(30,31)40;/h2-7,14-17H,8-12,18-19,40H2,1H3;. The Hall–Kier alpha value is -2.81. The first-order valence-corrected chi connectivity index (χ1v) is 16.2. The zero-order valence-corrected chi connectivity index (χ0v) is 27.7. The summed E-state index contributed by atoms with van der Waals surface area (Å²) in [5, 5.41) is 4.99. The van der Waals surface area contributed by atoms with Crippen LogP contribution >= 0.6 is 21.0 Å². The Labute approximate surface area is 259 Å². The molecular weight excluding hydrogens is 754 g/mol. The van der Waals surface area contributed by atoms with Crippen molar-refractivity contribution in [3.8, 4) is 0 Å². The summed E-state index contributed by atoms with van der Waals surface area (Å²) in [6.45, 7) is 2.21. The van der Waals surface area contributed by atoms with Crippen LogP contribution in [0.2, 0.25) is 0 Å². The molecule has 0 saturated carbocycles. The molecule has 4 heterocycles. The van der Waals surface area contributed by atoms with Gasteiger partial charge in [-0.1, -0.05) is 9.24 Å². The van der Waals surface area contributed by atoms with E-state index in [2.05, 4.69) is 10.1 Å². The van der Waals surface area contributed by atoms with Crippen LogP contribution in [0.5, 0.6) is 0 Å². The van der Waals surface area contributed by atoms with Crippen LogP contribution in [0.25, 0.3) is 0 Å². The Kier molecular flexibility index (Phi) is 9.65. The van der Waals surface area contributed by atoms with Crippen LogP contribution in [-0.2, 0) is 55.6 Å². The number of alkyl halides is 2. The Balaban J connectivity index is 1.29. The molecule has 1 aromatic carbocycles. The van der Waals surface area contributed by atoms with Gasteiger partial charge in [-0.15, -0.1) is 0 Å². The number of hydrogen-bond acceptors (Lipinski definition) is 6. The molecule has 0 bridgehead atoms. The molecule has 5 rings (SSSR count). The molecule has 4 aromatic rings. The summed E-state index contributed by atoms with van der Waals surface area (Å²) < 4.78 is 45.1. The fourth-order valence-electron chi connectivity index (χ4n) is 4.58. The van der Waals surface area contributed by atoms with Crippen molar-refractivity contribution in [2.75, 3.05) is 31.1 Å². The fourth-order valence-corrected chi connectivity index (χ4v) is 6.67. The first-order valence-electron chi connectivity index (χ1n) is 13.2. The van der Waals surface area contributed by atoms with E-state index >= 15 is 0 Å². The van der Waals surface area contributed by atoms with Gasteiger partial charge in [0.05, 0.1) is 0 Å². The first-order chi connectivity index (χ1) is 20.0. The summed E-state index contributed by atoms with van der Waals surface area (Å²) in [5.74, 6) is 0.890. The predicted octanol–water partition coefficient (Wildman–Crippen LogP) is 4.39. The third-order valence-corrected chi connectivity index (χ3v) is 9.52. The van der Waals surface area contributed by atoms with Gasteiger partial charge in [0.25, 0.3) is 5.66 Å². The summed E-state index contributed by atoms with van der Waals surface area (Å²) in [5.41, 5.74) is -0.122. The minimum absolute atomic E-state index is 0.0282. The predicted molar refractivity (Wildman–Crippen MR) is 154 cm³/mol. The second-order valence-electron chi connectivity index (χ2n) is 9.99. The molecule has 1 amide bonds. The van der Waals surface area contributed by atoms with Gasteiger partial charge in [0.2, 0.25) is 0 Å². The number of rotatable bonds is 9. The Morgan fingerprint density at radius 2 is 1.79 bits per heavy atom. The van der Waals surface area contributed by atoms with E-state index in [0.29, 0.717) is 44.2 Å². The number of nitrogens with zero attached hydrogens (tertiary/aromatic N) is 7. The molecule has 8 nitrogen and oxygen atoms in total. The maximum absolute atomic E-state index is 13.5. The average molecular weight is 783 g/mol. The van der Waals surface area contributed by atoms with E-state index in [9.17, 15) is 18.0 Å². The summed E-state index contributed by atoms with van der Waals surface area (Å²) in [6.07, 6.45) is 7.66. The zero-order chi connectivity index (χ0) is 29.9. The van der Waals surface area contributed by atoms with Gasteiger partial charge in [-0.05, 0) is 6.07 Å². The summed E-state index contributed by atoms with van der Waals surface area (Å²) in [7, 11) is 3.40. The van der Waals surface area contributed by atoms with Crippen molar-refractivity contribution in [1.29, 1.82) is 0 Å². The normalized spacial score (nSPS) is 13.9. The number of amides is 1. The minimum atomic E-state index is -3.02. The molecule has 0 N–H and O–H groups in total. The summed E-state index contributed by atoms with van der Waals surface area (Å²) >= 11 is 2.74. The van der Waals surface area contributed by atoms with Crippen LogP contribution in [0.4, 0.5) is 19.0 Å². The number of piperazine rings is 1. The molecule has 1 saturated heterocycles. The molecule has 1 unspecified atom stereocenters.